The van der Waals surface area contributed by atoms with Gasteiger partial charge < -0.3 is 0 Å². The van der Waals surface area contributed by atoms with Crippen LogP contribution in [0.15, 0.2) is 243 Å². The zero-order valence-electron chi connectivity index (χ0n) is 37.5. The van der Waals surface area contributed by atoms with E-state index >= 15 is 0 Å². The number of hydrogen-bond donors (Lipinski definition) is 0. The van der Waals surface area contributed by atoms with E-state index in [0.717, 1.165) is 0 Å². The van der Waals surface area contributed by atoms with Crippen LogP contribution in [0.1, 0.15) is 0 Å². The van der Waals surface area contributed by atoms with Crippen LogP contribution < -0.4 is 0 Å². The summed E-state index contributed by atoms with van der Waals surface area (Å²) in [6.45, 7) is 0. The highest BCUT2D eigenvalue weighted by Gasteiger charge is 2.34. The van der Waals surface area contributed by atoms with Gasteiger partial charge in [-0.15, -0.1) is 11.3 Å². The Morgan fingerprint density at radius 2 is 0.667 bits per heavy atom. The van der Waals surface area contributed by atoms with Gasteiger partial charge in [0, 0.05) is 25.7 Å². The summed E-state index contributed by atoms with van der Waals surface area (Å²) in [7, 11) is 0. The Morgan fingerprint density at radius 1 is 0.217 bits per heavy atom. The molecule has 1 heterocycles. The molecule has 1 aliphatic rings. The first kappa shape index (κ1) is 38.5. The van der Waals surface area contributed by atoms with Crippen LogP contribution >= 0.6 is 11.3 Å². The number of hydrogen-bond acceptors (Lipinski definition) is 1. The Hall–Kier alpha value is -8.62. The summed E-state index contributed by atoms with van der Waals surface area (Å²) in [6.07, 6.45) is 0. The molecule has 0 unspecified atom stereocenters. The van der Waals surface area contributed by atoms with E-state index in [1.165, 1.54) is 152 Å². The Bertz CT molecular complexity index is 4240. The van der Waals surface area contributed by atoms with E-state index in [1.807, 2.05) is 11.3 Å². The molecular weight excluding hydrogens is 849 g/mol. The topological polar surface area (TPSA) is 0 Å². The lowest BCUT2D eigenvalue weighted by Gasteiger charge is -2.26. The van der Waals surface area contributed by atoms with E-state index in [1.54, 1.807) is 0 Å². The van der Waals surface area contributed by atoms with Gasteiger partial charge in [0.2, 0.25) is 0 Å². The normalized spacial score (nSPS) is 12.1. The molecule has 0 aliphatic heterocycles. The lowest BCUT2D eigenvalue weighted by molar-refractivity contribution is 1.54. The molecule has 0 amide bonds. The van der Waals surface area contributed by atoms with Gasteiger partial charge >= 0.3 is 0 Å². The second kappa shape index (κ2) is 14.9. The molecular formula is C68H40S. The predicted molar refractivity (Wildman–Crippen MR) is 298 cm³/mol. The Labute approximate surface area is 404 Å². The fraction of sp³-hybridized carbons (Fsp3) is 0. The van der Waals surface area contributed by atoms with Crippen LogP contribution in [0.25, 0.3) is 152 Å². The van der Waals surface area contributed by atoms with Gasteiger partial charge in [0.05, 0.1) is 0 Å². The standard InChI is InChI=1S/C68H40S/c1-5-17-41(18-6-1)61-62(42-19-7-2-8-20-42)64(44-23-11-4-12-24-44)67-55-38-37-50(52-28-16-29-54(65(52)55)66(67)63(61)43-21-9-3-10-22-43)56-39-48(40-57-51-27-13-14-30-58(51)69-68(56)57)49-35-33-47-32-31-45-25-15-26-46-34-36-53(49)60(47)59(45)46/h1-40H. The molecule has 1 aliphatic carbocycles. The molecule has 0 bridgehead atoms. The zero-order valence-corrected chi connectivity index (χ0v) is 38.3. The lowest BCUT2D eigenvalue weighted by Crippen LogP contribution is -1.99. The fourth-order valence-electron chi connectivity index (χ4n) is 12.1. The molecule has 15 rings (SSSR count). The van der Waals surface area contributed by atoms with Crippen LogP contribution in [-0.4, -0.2) is 0 Å². The minimum atomic E-state index is 1.20. The van der Waals surface area contributed by atoms with Crippen molar-refractivity contribution in [3.8, 4) is 89.0 Å². The molecule has 14 aromatic rings. The van der Waals surface area contributed by atoms with Crippen LogP contribution in [0, 0.1) is 0 Å². The summed E-state index contributed by atoms with van der Waals surface area (Å²) in [5, 5.41) is 13.0. The molecule has 1 heteroatoms. The summed E-state index contributed by atoms with van der Waals surface area (Å²) in [5.41, 5.74) is 20.1. The maximum Gasteiger partial charge on any atom is 0.0434 e. The molecule has 0 nitrogen and oxygen atoms in total. The largest absolute Gasteiger partial charge is 0.135 e. The third kappa shape index (κ3) is 5.63. The van der Waals surface area contributed by atoms with Crippen molar-refractivity contribution in [2.24, 2.45) is 0 Å². The first-order valence-electron chi connectivity index (χ1n) is 23.9. The quantitative estimate of drug-likeness (QED) is 0.146. The Balaban J connectivity index is 1.07. The Kier molecular flexibility index (Phi) is 8.33. The summed E-state index contributed by atoms with van der Waals surface area (Å²) >= 11 is 1.92. The minimum Gasteiger partial charge on any atom is -0.135 e. The molecule has 0 spiro atoms. The fourth-order valence-corrected chi connectivity index (χ4v) is 13.3. The van der Waals surface area contributed by atoms with Gasteiger partial charge in [-0.25, -0.2) is 0 Å². The van der Waals surface area contributed by atoms with E-state index < -0.39 is 0 Å². The van der Waals surface area contributed by atoms with Gasteiger partial charge in [0.25, 0.3) is 0 Å². The molecule has 0 N–H and O–H groups in total. The third-order valence-corrected chi connectivity index (χ3v) is 16.2. The van der Waals surface area contributed by atoms with Gasteiger partial charge in [-0.3, -0.25) is 0 Å². The predicted octanol–water partition coefficient (Wildman–Crippen LogP) is 19.8. The van der Waals surface area contributed by atoms with Crippen molar-refractivity contribution in [3.63, 3.8) is 0 Å². The van der Waals surface area contributed by atoms with Crippen molar-refractivity contribution in [1.29, 1.82) is 0 Å². The van der Waals surface area contributed by atoms with E-state index in [4.69, 9.17) is 0 Å². The second-order valence-corrected chi connectivity index (χ2v) is 19.6. The maximum atomic E-state index is 2.50. The van der Waals surface area contributed by atoms with E-state index in [2.05, 4.69) is 243 Å². The first-order chi connectivity index (χ1) is 34.3. The zero-order chi connectivity index (χ0) is 45.2. The lowest BCUT2D eigenvalue weighted by atomic mass is 9.76. The van der Waals surface area contributed by atoms with Crippen LogP contribution in [0.3, 0.4) is 0 Å². The number of thiophene rings is 1. The molecule has 69 heavy (non-hydrogen) atoms. The van der Waals surface area contributed by atoms with Gasteiger partial charge in [-0.2, -0.15) is 0 Å². The van der Waals surface area contributed by atoms with E-state index in [9.17, 15) is 0 Å². The third-order valence-electron chi connectivity index (χ3n) is 14.9. The molecule has 0 fully saturated rings. The highest BCUT2D eigenvalue weighted by atomic mass is 32.1. The highest BCUT2D eigenvalue weighted by molar-refractivity contribution is 7.26. The summed E-state index contributed by atoms with van der Waals surface area (Å²) < 4.78 is 2.63. The van der Waals surface area contributed by atoms with Crippen molar-refractivity contribution in [1.82, 2.24) is 0 Å². The monoisotopic (exact) mass is 888 g/mol. The maximum absolute atomic E-state index is 2.50. The molecule has 318 valence electrons. The van der Waals surface area contributed by atoms with Crippen molar-refractivity contribution in [3.05, 3.63) is 243 Å². The van der Waals surface area contributed by atoms with Gasteiger partial charge in [0.15, 0.2) is 0 Å². The van der Waals surface area contributed by atoms with Crippen molar-refractivity contribution in [2.45, 2.75) is 0 Å². The number of benzene rings is 13. The molecule has 0 radical (unpaired) electrons. The van der Waals surface area contributed by atoms with Gasteiger partial charge in [-0.1, -0.05) is 224 Å². The summed E-state index contributed by atoms with van der Waals surface area (Å²) in [5.74, 6) is 0. The molecule has 1 aromatic heterocycles. The van der Waals surface area contributed by atoms with Crippen LogP contribution in [0.4, 0.5) is 0 Å². The second-order valence-electron chi connectivity index (χ2n) is 18.6. The molecule has 13 aromatic carbocycles. The number of fused-ring (bicyclic) bond motifs is 6. The average Bonchev–Trinajstić information content (AvgIpc) is 3.97. The van der Waals surface area contributed by atoms with Crippen molar-refractivity contribution >= 4 is 74.6 Å². The average molecular weight is 889 g/mol. The Morgan fingerprint density at radius 3 is 1.29 bits per heavy atom. The van der Waals surface area contributed by atoms with E-state index in [0.29, 0.717) is 0 Å². The highest BCUT2D eigenvalue weighted by Crippen LogP contribution is 2.62. The first-order valence-corrected chi connectivity index (χ1v) is 24.7. The SMILES string of the molecule is c1ccc(-c2c(-c3ccccc3)c(-c3ccccc3)c3c(c2-c2ccccc2)-c2cccc4c(-c5cc(-c6ccc7ccc8cccc9ccc6c7c89)cc6c5sc5ccccc56)ccc-3c24)cc1. The van der Waals surface area contributed by atoms with Crippen LogP contribution in [0.5, 0.6) is 0 Å². The van der Waals surface area contributed by atoms with Crippen molar-refractivity contribution < 1.29 is 0 Å². The smallest absolute Gasteiger partial charge is 0.0434 e. The van der Waals surface area contributed by atoms with Crippen LogP contribution in [-0.2, 0) is 0 Å². The summed E-state index contributed by atoms with van der Waals surface area (Å²) in [4.78, 5) is 0. The molecule has 0 saturated carbocycles. The van der Waals surface area contributed by atoms with E-state index in [-0.39, 0.29) is 0 Å². The molecule has 0 atom stereocenters. The molecule has 0 saturated heterocycles. The van der Waals surface area contributed by atoms with Crippen LogP contribution in [0.2, 0.25) is 0 Å². The van der Waals surface area contributed by atoms with Gasteiger partial charge in [-0.05, 0) is 145 Å². The van der Waals surface area contributed by atoms with Crippen molar-refractivity contribution in [2.75, 3.05) is 0 Å². The minimum absolute atomic E-state index is 1.20. The number of rotatable bonds is 6. The van der Waals surface area contributed by atoms with Gasteiger partial charge in [0.1, 0.15) is 0 Å². The summed E-state index contributed by atoms with van der Waals surface area (Å²) in [6, 6.07) is 90.9.